The van der Waals surface area contributed by atoms with Gasteiger partial charge < -0.3 is 10.4 Å². The van der Waals surface area contributed by atoms with Crippen molar-refractivity contribution in [2.75, 3.05) is 6.54 Å². The number of nitrogens with one attached hydrogen (secondary N) is 1. The second kappa shape index (κ2) is 4.25. The number of carboxylic acid groups (broad SMARTS) is 1. The van der Waals surface area contributed by atoms with Gasteiger partial charge in [0.25, 0.3) is 0 Å². The highest BCUT2D eigenvalue weighted by molar-refractivity contribution is 5.96. The van der Waals surface area contributed by atoms with Crippen molar-refractivity contribution in [1.82, 2.24) is 5.32 Å². The first kappa shape index (κ1) is 10.0. The fourth-order valence-electron chi connectivity index (χ4n) is 1.21. The number of amides is 1. The lowest BCUT2D eigenvalue weighted by atomic mass is 9.85. The zero-order chi connectivity index (χ0) is 9.84. The Morgan fingerprint density at radius 2 is 2.15 bits per heavy atom. The Hall–Kier alpha value is -1.06. The van der Waals surface area contributed by atoms with E-state index in [1.807, 2.05) is 0 Å². The van der Waals surface area contributed by atoms with Crippen molar-refractivity contribution in [1.29, 1.82) is 0 Å². The van der Waals surface area contributed by atoms with Crippen molar-refractivity contribution in [3.05, 3.63) is 0 Å². The van der Waals surface area contributed by atoms with E-state index in [9.17, 15) is 9.59 Å². The van der Waals surface area contributed by atoms with Crippen LogP contribution in [0.25, 0.3) is 0 Å². The molecular weight excluding hydrogens is 170 g/mol. The van der Waals surface area contributed by atoms with E-state index in [4.69, 9.17) is 5.11 Å². The van der Waals surface area contributed by atoms with Gasteiger partial charge in [-0.2, -0.15) is 0 Å². The van der Waals surface area contributed by atoms with Gasteiger partial charge in [0.15, 0.2) is 0 Å². The summed E-state index contributed by atoms with van der Waals surface area (Å²) in [5.74, 6) is -1.80. The third-order valence-corrected chi connectivity index (χ3v) is 2.55. The molecule has 4 nitrogen and oxygen atoms in total. The molecule has 1 fully saturated rings. The van der Waals surface area contributed by atoms with Crippen molar-refractivity contribution < 1.29 is 14.7 Å². The molecule has 0 aromatic rings. The van der Waals surface area contributed by atoms with Crippen LogP contribution in [0.15, 0.2) is 0 Å². The van der Waals surface area contributed by atoms with Gasteiger partial charge in [0, 0.05) is 6.54 Å². The van der Waals surface area contributed by atoms with E-state index in [0.717, 1.165) is 12.8 Å². The fraction of sp³-hybridized carbons (Fsp3) is 0.778. The molecule has 0 aliphatic heterocycles. The number of carbonyl (C=O) groups is 2. The molecule has 1 saturated carbocycles. The van der Waals surface area contributed by atoms with Gasteiger partial charge in [-0.05, 0) is 25.7 Å². The number of carboxylic acids is 1. The maximum absolute atomic E-state index is 11.1. The van der Waals surface area contributed by atoms with Gasteiger partial charge in [-0.15, -0.1) is 0 Å². The summed E-state index contributed by atoms with van der Waals surface area (Å²) in [4.78, 5) is 21.5. The third kappa shape index (κ3) is 2.72. The van der Waals surface area contributed by atoms with Crippen molar-refractivity contribution in [3.63, 3.8) is 0 Å². The standard InChI is InChI=1S/C9H15NO3/c1-6(9(12)13)8(11)10-5-7-3-2-4-7/h6-7H,2-5H2,1H3,(H,10,11)(H,12,13). The molecule has 1 aliphatic carbocycles. The number of aliphatic carboxylic acids is 1. The molecule has 0 aromatic heterocycles. The monoisotopic (exact) mass is 185 g/mol. The Bertz CT molecular complexity index is 211. The third-order valence-electron chi connectivity index (χ3n) is 2.55. The molecular formula is C9H15NO3. The molecule has 2 N–H and O–H groups in total. The highest BCUT2D eigenvalue weighted by Crippen LogP contribution is 2.25. The number of hydrogen-bond donors (Lipinski definition) is 2. The first-order chi connectivity index (χ1) is 6.11. The van der Waals surface area contributed by atoms with Crippen LogP contribution in [-0.4, -0.2) is 23.5 Å². The average Bonchev–Trinajstić information content (AvgIpc) is 1.99. The van der Waals surface area contributed by atoms with E-state index in [0.29, 0.717) is 12.5 Å². The smallest absolute Gasteiger partial charge is 0.315 e. The summed E-state index contributed by atoms with van der Waals surface area (Å²) >= 11 is 0. The first-order valence-electron chi connectivity index (χ1n) is 4.61. The summed E-state index contributed by atoms with van der Waals surface area (Å²) in [5.41, 5.74) is 0. The zero-order valence-electron chi connectivity index (χ0n) is 7.75. The normalized spacial score (nSPS) is 18.8. The molecule has 0 saturated heterocycles. The maximum Gasteiger partial charge on any atom is 0.315 e. The Balaban J connectivity index is 2.19. The quantitative estimate of drug-likeness (QED) is 0.631. The highest BCUT2D eigenvalue weighted by atomic mass is 16.4. The summed E-state index contributed by atoms with van der Waals surface area (Å²) in [6.07, 6.45) is 3.54. The lowest BCUT2D eigenvalue weighted by Gasteiger charge is -2.25. The van der Waals surface area contributed by atoms with Crippen LogP contribution in [-0.2, 0) is 9.59 Å². The van der Waals surface area contributed by atoms with Crippen LogP contribution in [0.1, 0.15) is 26.2 Å². The highest BCUT2D eigenvalue weighted by Gasteiger charge is 2.23. The van der Waals surface area contributed by atoms with E-state index in [2.05, 4.69) is 5.32 Å². The van der Waals surface area contributed by atoms with Crippen molar-refractivity contribution >= 4 is 11.9 Å². The Morgan fingerprint density at radius 1 is 1.54 bits per heavy atom. The van der Waals surface area contributed by atoms with E-state index in [-0.39, 0.29) is 5.91 Å². The Morgan fingerprint density at radius 3 is 2.54 bits per heavy atom. The van der Waals surface area contributed by atoms with Gasteiger partial charge in [0.2, 0.25) is 5.91 Å². The van der Waals surface area contributed by atoms with Gasteiger partial charge in [-0.25, -0.2) is 0 Å². The van der Waals surface area contributed by atoms with Gasteiger partial charge in [0.05, 0.1) is 0 Å². The maximum atomic E-state index is 11.1. The second-order valence-electron chi connectivity index (χ2n) is 3.60. The van der Waals surface area contributed by atoms with E-state index in [1.165, 1.54) is 13.3 Å². The molecule has 1 atom stereocenters. The molecule has 4 heteroatoms. The predicted molar refractivity (Wildman–Crippen MR) is 47.2 cm³/mol. The van der Waals surface area contributed by atoms with Crippen LogP contribution in [0, 0.1) is 11.8 Å². The van der Waals surface area contributed by atoms with Crippen LogP contribution in [0.2, 0.25) is 0 Å². The minimum atomic E-state index is -1.06. The fourth-order valence-corrected chi connectivity index (χ4v) is 1.21. The van der Waals surface area contributed by atoms with Crippen LogP contribution in [0.4, 0.5) is 0 Å². The van der Waals surface area contributed by atoms with E-state index >= 15 is 0 Å². The number of hydrogen-bond acceptors (Lipinski definition) is 2. The molecule has 1 rings (SSSR count). The van der Waals surface area contributed by atoms with Crippen molar-refractivity contribution in [3.8, 4) is 0 Å². The van der Waals surface area contributed by atoms with Crippen LogP contribution in [0.3, 0.4) is 0 Å². The minimum absolute atomic E-state index is 0.376. The molecule has 0 heterocycles. The lowest BCUT2D eigenvalue weighted by molar-refractivity contribution is -0.146. The molecule has 0 aromatic carbocycles. The van der Waals surface area contributed by atoms with Gasteiger partial charge >= 0.3 is 5.97 Å². The largest absolute Gasteiger partial charge is 0.481 e. The average molecular weight is 185 g/mol. The topological polar surface area (TPSA) is 66.4 Å². The van der Waals surface area contributed by atoms with Crippen LogP contribution < -0.4 is 5.32 Å². The summed E-state index contributed by atoms with van der Waals surface area (Å²) in [6, 6.07) is 0. The molecule has 1 aliphatic rings. The van der Waals surface area contributed by atoms with E-state index in [1.54, 1.807) is 0 Å². The van der Waals surface area contributed by atoms with Gasteiger partial charge in [-0.3, -0.25) is 9.59 Å². The molecule has 0 radical (unpaired) electrons. The van der Waals surface area contributed by atoms with Gasteiger partial charge in [0.1, 0.15) is 5.92 Å². The minimum Gasteiger partial charge on any atom is -0.481 e. The summed E-state index contributed by atoms with van der Waals surface area (Å²) in [5, 5.41) is 11.2. The predicted octanol–water partition coefficient (Wildman–Crippen LogP) is 0.623. The lowest BCUT2D eigenvalue weighted by Crippen LogP contribution is -2.37. The van der Waals surface area contributed by atoms with Crippen LogP contribution >= 0.6 is 0 Å². The van der Waals surface area contributed by atoms with Crippen LogP contribution in [0.5, 0.6) is 0 Å². The Kier molecular flexibility index (Phi) is 3.28. The summed E-state index contributed by atoms with van der Waals surface area (Å²) in [7, 11) is 0. The molecule has 1 unspecified atom stereocenters. The number of rotatable bonds is 4. The second-order valence-corrected chi connectivity index (χ2v) is 3.60. The molecule has 0 bridgehead atoms. The molecule has 13 heavy (non-hydrogen) atoms. The van der Waals surface area contributed by atoms with Crippen molar-refractivity contribution in [2.45, 2.75) is 26.2 Å². The summed E-state index contributed by atoms with van der Waals surface area (Å²) in [6.45, 7) is 2.04. The summed E-state index contributed by atoms with van der Waals surface area (Å²) < 4.78 is 0. The van der Waals surface area contributed by atoms with Crippen molar-refractivity contribution in [2.24, 2.45) is 11.8 Å². The Labute approximate surface area is 77.3 Å². The van der Waals surface area contributed by atoms with E-state index < -0.39 is 11.9 Å². The molecule has 1 amide bonds. The van der Waals surface area contributed by atoms with Gasteiger partial charge in [-0.1, -0.05) is 6.42 Å². The number of carbonyl (C=O) groups excluding carboxylic acids is 1. The SMILES string of the molecule is CC(C(=O)O)C(=O)NCC1CCC1. The zero-order valence-corrected chi connectivity index (χ0v) is 7.75. The molecule has 74 valence electrons. The first-order valence-corrected chi connectivity index (χ1v) is 4.61. The molecule has 0 spiro atoms.